The largest absolute Gasteiger partial charge is 0.342 e. The molecule has 2 aromatic carbocycles. The summed E-state index contributed by atoms with van der Waals surface area (Å²) in [6.07, 6.45) is 2.58. The minimum Gasteiger partial charge on any atom is -0.342 e. The van der Waals surface area contributed by atoms with E-state index in [-0.39, 0.29) is 24.7 Å². The Bertz CT molecular complexity index is 1040. The molecule has 9 heteroatoms. The van der Waals surface area contributed by atoms with Gasteiger partial charge < -0.3 is 9.47 Å². The average Bonchev–Trinajstić information content (AvgIpc) is 3.39. The molecule has 1 aliphatic heterocycles. The molecule has 1 aliphatic rings. The number of rotatable bonds is 7. The highest BCUT2D eigenvalue weighted by molar-refractivity contribution is 7.86. The van der Waals surface area contributed by atoms with Crippen molar-refractivity contribution in [1.29, 1.82) is 0 Å². The first-order valence-electron chi connectivity index (χ1n) is 9.14. The molecule has 0 spiro atoms. The van der Waals surface area contributed by atoms with Crippen molar-refractivity contribution >= 4 is 10.1 Å². The maximum Gasteiger partial charge on any atom is 0.297 e. The number of hydrogen-bond donors (Lipinski definition) is 0. The summed E-state index contributed by atoms with van der Waals surface area (Å²) in [5, 5.41) is 8.25. The lowest BCUT2D eigenvalue weighted by molar-refractivity contribution is -0.192. The van der Waals surface area contributed by atoms with E-state index in [4.69, 9.17) is 13.7 Å². The van der Waals surface area contributed by atoms with Gasteiger partial charge >= 0.3 is 0 Å². The van der Waals surface area contributed by atoms with Gasteiger partial charge in [-0.05, 0) is 19.1 Å². The Morgan fingerprint density at radius 3 is 2.48 bits per heavy atom. The van der Waals surface area contributed by atoms with Crippen LogP contribution in [0.15, 0.2) is 71.9 Å². The maximum atomic E-state index is 12.4. The lowest BCUT2D eigenvalue weighted by Gasteiger charge is -2.28. The first-order valence-corrected chi connectivity index (χ1v) is 10.6. The number of benzene rings is 2. The van der Waals surface area contributed by atoms with Gasteiger partial charge in [0.2, 0.25) is 5.79 Å². The number of ether oxygens (including phenoxy) is 2. The molecule has 152 valence electrons. The van der Waals surface area contributed by atoms with E-state index in [0.29, 0.717) is 0 Å². The van der Waals surface area contributed by atoms with Gasteiger partial charge in [0.15, 0.2) is 0 Å². The lowest BCUT2D eigenvalue weighted by Crippen LogP contribution is -2.35. The van der Waals surface area contributed by atoms with Gasteiger partial charge in [-0.1, -0.05) is 48.0 Å². The molecule has 2 atom stereocenters. The fourth-order valence-electron chi connectivity index (χ4n) is 3.11. The average molecular weight is 415 g/mol. The SMILES string of the molecule is Cc1ccc(S(=O)(=O)OC[C@H]2CO[C@@](Cn3nccn3)(c3ccccc3)O2)cc1. The normalized spacial score (nSPS) is 22.0. The van der Waals surface area contributed by atoms with Crippen LogP contribution in [-0.4, -0.2) is 42.7 Å². The van der Waals surface area contributed by atoms with Gasteiger partial charge in [-0.25, -0.2) is 0 Å². The highest BCUT2D eigenvalue weighted by atomic mass is 32.2. The molecule has 29 heavy (non-hydrogen) atoms. The summed E-state index contributed by atoms with van der Waals surface area (Å²) in [6.45, 7) is 2.14. The zero-order valence-electron chi connectivity index (χ0n) is 15.8. The fourth-order valence-corrected chi connectivity index (χ4v) is 4.05. The van der Waals surface area contributed by atoms with E-state index >= 15 is 0 Å². The molecule has 0 saturated carbocycles. The van der Waals surface area contributed by atoms with Crippen molar-refractivity contribution < 1.29 is 22.1 Å². The standard InChI is InChI=1S/C20H21N3O5S/c1-16-7-9-19(10-8-16)29(24,25)27-14-18-13-26-20(28-18,15-23-21-11-12-22-23)17-5-3-2-4-6-17/h2-12,18H,13-15H2,1H3/t18-,20-/m1/s1. The molecule has 0 N–H and O–H groups in total. The zero-order chi connectivity index (χ0) is 20.3. The van der Waals surface area contributed by atoms with E-state index in [2.05, 4.69) is 10.2 Å². The number of aryl methyl sites for hydroxylation is 1. The van der Waals surface area contributed by atoms with Crippen LogP contribution in [0.4, 0.5) is 0 Å². The van der Waals surface area contributed by atoms with Crippen molar-refractivity contribution in [3.8, 4) is 0 Å². The molecule has 0 radical (unpaired) electrons. The van der Waals surface area contributed by atoms with Crippen LogP contribution in [0.5, 0.6) is 0 Å². The van der Waals surface area contributed by atoms with Gasteiger partial charge in [0.25, 0.3) is 10.1 Å². The smallest absolute Gasteiger partial charge is 0.297 e. The number of aromatic nitrogens is 3. The monoisotopic (exact) mass is 415 g/mol. The molecule has 0 aliphatic carbocycles. The van der Waals surface area contributed by atoms with Crippen LogP contribution in [0.2, 0.25) is 0 Å². The molecular weight excluding hydrogens is 394 g/mol. The van der Waals surface area contributed by atoms with Gasteiger partial charge in [0.1, 0.15) is 12.6 Å². The lowest BCUT2D eigenvalue weighted by atomic mass is 10.1. The molecule has 0 amide bonds. The molecule has 8 nitrogen and oxygen atoms in total. The van der Waals surface area contributed by atoms with Gasteiger partial charge in [-0.3, -0.25) is 4.18 Å². The Labute approximate surface area is 169 Å². The summed E-state index contributed by atoms with van der Waals surface area (Å²) in [4.78, 5) is 1.58. The molecule has 0 bridgehead atoms. The third-order valence-electron chi connectivity index (χ3n) is 4.61. The highest BCUT2D eigenvalue weighted by Crippen LogP contribution is 2.36. The predicted octanol–water partition coefficient (Wildman–Crippen LogP) is 2.26. The van der Waals surface area contributed by atoms with Gasteiger partial charge in [-0.15, -0.1) is 0 Å². The minimum atomic E-state index is -3.88. The summed E-state index contributed by atoms with van der Waals surface area (Å²) in [7, 11) is -3.88. The number of nitrogens with zero attached hydrogens (tertiary/aromatic N) is 3. The quantitative estimate of drug-likeness (QED) is 0.547. The number of hydrogen-bond acceptors (Lipinski definition) is 7. The Kier molecular flexibility index (Phi) is 5.46. The van der Waals surface area contributed by atoms with Gasteiger partial charge in [-0.2, -0.15) is 23.4 Å². The van der Waals surface area contributed by atoms with Crippen LogP contribution in [0.3, 0.4) is 0 Å². The molecule has 2 heterocycles. The maximum absolute atomic E-state index is 12.4. The van der Waals surface area contributed by atoms with Crippen molar-refractivity contribution in [2.45, 2.75) is 30.3 Å². The van der Waals surface area contributed by atoms with E-state index < -0.39 is 22.0 Å². The molecule has 0 unspecified atom stereocenters. The Hall–Kier alpha value is -2.59. The second-order valence-corrected chi connectivity index (χ2v) is 8.40. The summed E-state index contributed by atoms with van der Waals surface area (Å²) >= 11 is 0. The van der Waals surface area contributed by atoms with Crippen molar-refractivity contribution in [2.24, 2.45) is 0 Å². The van der Waals surface area contributed by atoms with Crippen LogP contribution in [-0.2, 0) is 36.1 Å². The Balaban J connectivity index is 1.48. The van der Waals surface area contributed by atoms with Crippen molar-refractivity contribution in [2.75, 3.05) is 13.2 Å². The molecular formula is C20H21N3O5S. The summed E-state index contributed by atoms with van der Waals surface area (Å²) in [5.41, 5.74) is 1.76. The van der Waals surface area contributed by atoms with Crippen molar-refractivity contribution in [3.05, 3.63) is 78.1 Å². The van der Waals surface area contributed by atoms with Crippen molar-refractivity contribution in [1.82, 2.24) is 15.0 Å². The van der Waals surface area contributed by atoms with Crippen LogP contribution in [0, 0.1) is 6.92 Å². The summed E-state index contributed by atoms with van der Waals surface area (Å²) < 4.78 is 42.3. The fraction of sp³-hybridized carbons (Fsp3) is 0.300. The van der Waals surface area contributed by atoms with E-state index in [1.807, 2.05) is 37.3 Å². The first-order chi connectivity index (χ1) is 14.0. The summed E-state index contributed by atoms with van der Waals surface area (Å²) in [6, 6.07) is 15.9. The van der Waals surface area contributed by atoms with Crippen molar-refractivity contribution in [3.63, 3.8) is 0 Å². The Morgan fingerprint density at radius 2 is 1.79 bits per heavy atom. The van der Waals surface area contributed by atoms with Crippen LogP contribution in [0.25, 0.3) is 0 Å². The first kappa shape index (κ1) is 19.7. The molecule has 1 fully saturated rings. The third-order valence-corrected chi connectivity index (χ3v) is 5.90. The van der Waals surface area contributed by atoms with E-state index in [1.165, 1.54) is 16.9 Å². The third kappa shape index (κ3) is 4.38. The van der Waals surface area contributed by atoms with Crippen LogP contribution < -0.4 is 0 Å². The highest BCUT2D eigenvalue weighted by Gasteiger charge is 2.44. The van der Waals surface area contributed by atoms with E-state index in [1.54, 1.807) is 24.5 Å². The van der Waals surface area contributed by atoms with E-state index in [0.717, 1.165) is 11.1 Å². The van der Waals surface area contributed by atoms with Gasteiger partial charge in [0.05, 0.1) is 30.5 Å². The molecule has 1 saturated heterocycles. The topological polar surface area (TPSA) is 92.5 Å². The summed E-state index contributed by atoms with van der Waals surface area (Å²) in [5.74, 6) is -1.12. The minimum absolute atomic E-state index is 0.108. The predicted molar refractivity (Wildman–Crippen MR) is 103 cm³/mol. The van der Waals surface area contributed by atoms with Crippen LogP contribution >= 0.6 is 0 Å². The molecule has 3 aromatic rings. The Morgan fingerprint density at radius 1 is 1.10 bits per heavy atom. The molecule has 1 aromatic heterocycles. The second kappa shape index (κ2) is 8.03. The van der Waals surface area contributed by atoms with E-state index in [9.17, 15) is 8.42 Å². The zero-order valence-corrected chi connectivity index (χ0v) is 16.7. The molecule has 4 rings (SSSR count). The second-order valence-electron chi connectivity index (χ2n) is 6.78. The van der Waals surface area contributed by atoms with Gasteiger partial charge in [0, 0.05) is 5.56 Å². The van der Waals surface area contributed by atoms with Crippen LogP contribution in [0.1, 0.15) is 11.1 Å².